The molecule has 3 heteroatoms. The van der Waals surface area contributed by atoms with E-state index in [-0.39, 0.29) is 0 Å². The zero-order valence-corrected chi connectivity index (χ0v) is 11.8. The lowest BCUT2D eigenvalue weighted by Crippen LogP contribution is -2.21. The zero-order valence-electron chi connectivity index (χ0n) is 10.4. The first kappa shape index (κ1) is 14.1. The van der Waals surface area contributed by atoms with E-state index in [1.54, 1.807) is 0 Å². The van der Waals surface area contributed by atoms with Gasteiger partial charge in [0.1, 0.15) is 0 Å². The Balaban J connectivity index is 3.72. The van der Waals surface area contributed by atoms with Gasteiger partial charge in [0.15, 0.2) is 0 Å². The quantitative estimate of drug-likeness (QED) is 0.460. The van der Waals surface area contributed by atoms with Gasteiger partial charge in [0.25, 0.3) is 0 Å². The van der Waals surface area contributed by atoms with Crippen LogP contribution in [0.25, 0.3) is 0 Å². The molecule has 0 saturated carbocycles. The van der Waals surface area contributed by atoms with Crippen LogP contribution >= 0.6 is 0 Å². The molecule has 0 aromatic heterocycles. The molecule has 0 N–H and O–H groups in total. The number of hydrogen-bond donors (Lipinski definition) is 0. The predicted molar refractivity (Wildman–Crippen MR) is 64.0 cm³/mol. The Morgan fingerprint density at radius 3 is 1.86 bits per heavy atom. The molecule has 0 amide bonds. The van der Waals surface area contributed by atoms with Gasteiger partial charge in [-0.2, -0.15) is 0 Å². The van der Waals surface area contributed by atoms with E-state index in [0.717, 1.165) is 31.3 Å². The number of rotatable bonds is 8. The van der Waals surface area contributed by atoms with Gasteiger partial charge in [-0.3, -0.25) is 0 Å². The summed E-state index contributed by atoms with van der Waals surface area (Å²) in [5, 5.41) is 0. The highest BCUT2D eigenvalue weighted by atomic mass is 28.3. The Kier molecular flexibility index (Phi) is 8.53. The molecule has 86 valence electrons. The molecule has 0 saturated heterocycles. The third-order valence-electron chi connectivity index (χ3n) is 2.06. The van der Waals surface area contributed by atoms with E-state index in [9.17, 15) is 0 Å². The summed E-state index contributed by atoms with van der Waals surface area (Å²) in [6.07, 6.45) is 2.75. The summed E-state index contributed by atoms with van der Waals surface area (Å²) in [6.45, 7) is 11.8. The van der Waals surface area contributed by atoms with Crippen molar-refractivity contribution in [1.29, 1.82) is 0 Å². The average Bonchev–Trinajstić information content (AvgIpc) is 2.02. The summed E-state index contributed by atoms with van der Waals surface area (Å²) in [7, 11) is -0.722. The third-order valence-corrected chi connectivity index (χ3v) is 3.24. The minimum atomic E-state index is -0.722. The van der Waals surface area contributed by atoms with Gasteiger partial charge in [0.05, 0.1) is 0 Å². The van der Waals surface area contributed by atoms with Crippen LogP contribution in [-0.4, -0.2) is 22.7 Å². The predicted octanol–water partition coefficient (Wildman–Crippen LogP) is 2.50. The second-order valence-corrected chi connectivity index (χ2v) is 5.64. The van der Waals surface area contributed by atoms with Crippen LogP contribution in [0, 0.1) is 11.8 Å². The van der Waals surface area contributed by atoms with Crippen molar-refractivity contribution in [3.63, 3.8) is 0 Å². The van der Waals surface area contributed by atoms with E-state index in [1.807, 2.05) is 6.92 Å². The standard InChI is InChI=1S/C11H26O2Si/c1-6-12-14-13-11(7-9(2)3)8-10(4)5/h9-11H,6-8,14H2,1-5H3. The zero-order chi connectivity index (χ0) is 11.0. The van der Waals surface area contributed by atoms with Gasteiger partial charge < -0.3 is 8.85 Å². The van der Waals surface area contributed by atoms with Crippen molar-refractivity contribution >= 4 is 10.0 Å². The number of hydrogen-bond acceptors (Lipinski definition) is 2. The maximum absolute atomic E-state index is 5.82. The fourth-order valence-electron chi connectivity index (χ4n) is 1.51. The van der Waals surface area contributed by atoms with Crippen molar-refractivity contribution in [2.24, 2.45) is 11.8 Å². The molecule has 0 fully saturated rings. The van der Waals surface area contributed by atoms with Crippen LogP contribution in [0.4, 0.5) is 0 Å². The Bertz CT molecular complexity index is 116. The Morgan fingerprint density at radius 1 is 1.00 bits per heavy atom. The fraction of sp³-hybridized carbons (Fsp3) is 1.00. The summed E-state index contributed by atoms with van der Waals surface area (Å²) in [4.78, 5) is 0. The third kappa shape index (κ3) is 8.72. The lowest BCUT2D eigenvalue weighted by Gasteiger charge is -2.21. The molecule has 0 aliphatic heterocycles. The van der Waals surface area contributed by atoms with Crippen LogP contribution in [0.15, 0.2) is 0 Å². The minimum Gasteiger partial charge on any atom is -0.399 e. The highest BCUT2D eigenvalue weighted by Gasteiger charge is 2.12. The molecular formula is C11H26O2Si. The molecule has 14 heavy (non-hydrogen) atoms. The highest BCUT2D eigenvalue weighted by Crippen LogP contribution is 2.15. The normalized spacial score (nSPS) is 12.9. The fourth-order valence-corrected chi connectivity index (χ4v) is 2.24. The summed E-state index contributed by atoms with van der Waals surface area (Å²) in [5.41, 5.74) is 0. The molecule has 0 unspecified atom stereocenters. The molecule has 0 atom stereocenters. The van der Waals surface area contributed by atoms with E-state index in [4.69, 9.17) is 8.85 Å². The van der Waals surface area contributed by atoms with Gasteiger partial charge in [-0.1, -0.05) is 27.7 Å². The van der Waals surface area contributed by atoms with Crippen LogP contribution in [0.3, 0.4) is 0 Å². The monoisotopic (exact) mass is 218 g/mol. The molecule has 0 aliphatic carbocycles. The van der Waals surface area contributed by atoms with Crippen molar-refractivity contribution in [1.82, 2.24) is 0 Å². The minimum absolute atomic E-state index is 0.424. The van der Waals surface area contributed by atoms with Gasteiger partial charge in [0, 0.05) is 12.7 Å². The SMILES string of the molecule is CCO[SiH2]OC(CC(C)C)CC(C)C. The van der Waals surface area contributed by atoms with Crippen LogP contribution in [-0.2, 0) is 8.85 Å². The molecule has 0 aromatic carbocycles. The Hall–Kier alpha value is 0.137. The van der Waals surface area contributed by atoms with Crippen LogP contribution in [0.1, 0.15) is 47.5 Å². The van der Waals surface area contributed by atoms with Crippen molar-refractivity contribution in [2.75, 3.05) is 6.61 Å². The van der Waals surface area contributed by atoms with Crippen molar-refractivity contribution in [3.8, 4) is 0 Å². The average molecular weight is 218 g/mol. The molecule has 0 spiro atoms. The van der Waals surface area contributed by atoms with Crippen molar-refractivity contribution < 1.29 is 8.85 Å². The lowest BCUT2D eigenvalue weighted by atomic mass is 9.98. The summed E-state index contributed by atoms with van der Waals surface area (Å²) in [6, 6.07) is 0. The summed E-state index contributed by atoms with van der Waals surface area (Å²) >= 11 is 0. The Morgan fingerprint density at radius 2 is 1.50 bits per heavy atom. The van der Waals surface area contributed by atoms with Gasteiger partial charge in [0.2, 0.25) is 0 Å². The second-order valence-electron chi connectivity index (χ2n) is 4.66. The molecule has 2 nitrogen and oxygen atoms in total. The second kappa shape index (κ2) is 8.45. The molecule has 0 aromatic rings. The van der Waals surface area contributed by atoms with Crippen LogP contribution in [0.2, 0.25) is 0 Å². The van der Waals surface area contributed by atoms with Crippen LogP contribution < -0.4 is 0 Å². The molecule has 0 bridgehead atoms. The van der Waals surface area contributed by atoms with E-state index in [2.05, 4.69) is 27.7 Å². The molecule has 0 rings (SSSR count). The van der Waals surface area contributed by atoms with Crippen molar-refractivity contribution in [2.45, 2.75) is 53.6 Å². The molecule has 0 heterocycles. The van der Waals surface area contributed by atoms with E-state index >= 15 is 0 Å². The van der Waals surface area contributed by atoms with Gasteiger partial charge in [-0.05, 0) is 31.6 Å². The molecular weight excluding hydrogens is 192 g/mol. The summed E-state index contributed by atoms with van der Waals surface area (Å²) < 4.78 is 11.2. The van der Waals surface area contributed by atoms with Gasteiger partial charge >= 0.3 is 10.0 Å². The van der Waals surface area contributed by atoms with Crippen molar-refractivity contribution in [3.05, 3.63) is 0 Å². The van der Waals surface area contributed by atoms with Gasteiger partial charge in [-0.15, -0.1) is 0 Å². The highest BCUT2D eigenvalue weighted by molar-refractivity contribution is 6.18. The van der Waals surface area contributed by atoms with Crippen LogP contribution in [0.5, 0.6) is 0 Å². The Labute approximate surface area is 91.4 Å². The first-order valence-corrected chi connectivity index (χ1v) is 6.91. The maximum Gasteiger partial charge on any atom is 0.304 e. The largest absolute Gasteiger partial charge is 0.399 e. The topological polar surface area (TPSA) is 18.5 Å². The first-order valence-electron chi connectivity index (χ1n) is 5.75. The summed E-state index contributed by atoms with van der Waals surface area (Å²) in [5.74, 6) is 1.43. The smallest absolute Gasteiger partial charge is 0.304 e. The maximum atomic E-state index is 5.82. The lowest BCUT2D eigenvalue weighted by molar-refractivity contribution is 0.121. The van der Waals surface area contributed by atoms with E-state index in [0.29, 0.717) is 6.10 Å². The first-order chi connectivity index (χ1) is 6.56. The molecule has 0 radical (unpaired) electrons. The van der Waals surface area contributed by atoms with E-state index < -0.39 is 10.0 Å². The van der Waals surface area contributed by atoms with E-state index in [1.165, 1.54) is 0 Å². The van der Waals surface area contributed by atoms with Gasteiger partial charge in [-0.25, -0.2) is 0 Å². The molecule has 0 aliphatic rings.